The first-order valence-corrected chi connectivity index (χ1v) is 7.14. The first-order valence-electron chi connectivity index (χ1n) is 7.14. The number of carbonyl (C=O) groups is 2. The molecule has 1 aromatic carbocycles. The maximum Gasteiger partial charge on any atom is 0.336 e. The molecule has 2 N–H and O–H groups in total. The fraction of sp³-hybridized carbons (Fsp3) is 0.500. The third-order valence-electron chi connectivity index (χ3n) is 4.14. The van der Waals surface area contributed by atoms with Crippen LogP contribution in [-0.2, 0) is 4.79 Å². The lowest BCUT2D eigenvalue weighted by Crippen LogP contribution is -2.25. The molecule has 0 heterocycles. The maximum atomic E-state index is 12.2. The molecular weight excluding hydrogens is 254 g/mol. The van der Waals surface area contributed by atoms with Gasteiger partial charge in [0.1, 0.15) is 0 Å². The van der Waals surface area contributed by atoms with E-state index in [2.05, 4.69) is 5.32 Å². The summed E-state index contributed by atoms with van der Waals surface area (Å²) in [6.07, 6.45) is 5.28. The Balaban J connectivity index is 2.16. The molecule has 1 aliphatic rings. The van der Waals surface area contributed by atoms with Crippen LogP contribution in [0.3, 0.4) is 0 Å². The zero-order chi connectivity index (χ0) is 14.7. The number of hydrogen-bond acceptors (Lipinski definition) is 2. The molecule has 0 radical (unpaired) electrons. The average Bonchev–Trinajstić information content (AvgIpc) is 2.43. The predicted molar refractivity (Wildman–Crippen MR) is 78.1 cm³/mol. The van der Waals surface area contributed by atoms with Gasteiger partial charge in [-0.05, 0) is 49.9 Å². The van der Waals surface area contributed by atoms with Gasteiger partial charge in [0, 0.05) is 11.6 Å². The average molecular weight is 275 g/mol. The smallest absolute Gasteiger partial charge is 0.336 e. The molecule has 0 spiro atoms. The van der Waals surface area contributed by atoms with Crippen LogP contribution in [0.1, 0.15) is 53.6 Å². The Morgan fingerprint density at radius 3 is 2.40 bits per heavy atom. The van der Waals surface area contributed by atoms with Crippen molar-refractivity contribution < 1.29 is 14.7 Å². The Hall–Kier alpha value is -1.84. The highest BCUT2D eigenvalue weighted by molar-refractivity contribution is 5.96. The second-order valence-electron chi connectivity index (χ2n) is 5.60. The molecule has 4 heteroatoms. The summed E-state index contributed by atoms with van der Waals surface area (Å²) in [4.78, 5) is 23.4. The van der Waals surface area contributed by atoms with Gasteiger partial charge < -0.3 is 10.4 Å². The molecule has 0 aromatic heterocycles. The van der Waals surface area contributed by atoms with E-state index in [1.807, 2.05) is 13.0 Å². The molecule has 1 amide bonds. The van der Waals surface area contributed by atoms with Gasteiger partial charge >= 0.3 is 5.97 Å². The number of carbonyl (C=O) groups excluding carboxylic acids is 1. The van der Waals surface area contributed by atoms with Crippen molar-refractivity contribution in [3.05, 3.63) is 28.8 Å². The summed E-state index contributed by atoms with van der Waals surface area (Å²) in [5, 5.41) is 12.1. The molecule has 1 fully saturated rings. The maximum absolute atomic E-state index is 12.2. The summed E-state index contributed by atoms with van der Waals surface area (Å²) < 4.78 is 0. The van der Waals surface area contributed by atoms with E-state index < -0.39 is 5.97 Å². The van der Waals surface area contributed by atoms with Crippen molar-refractivity contribution in [3.8, 4) is 0 Å². The number of carboxylic acid groups (broad SMARTS) is 1. The van der Waals surface area contributed by atoms with E-state index in [9.17, 15) is 14.7 Å². The monoisotopic (exact) mass is 275 g/mol. The third-order valence-corrected chi connectivity index (χ3v) is 4.14. The first kappa shape index (κ1) is 14.6. The first-order chi connectivity index (χ1) is 9.49. The molecule has 0 saturated heterocycles. The number of aromatic carboxylic acids is 1. The highest BCUT2D eigenvalue weighted by Crippen LogP contribution is 2.26. The summed E-state index contributed by atoms with van der Waals surface area (Å²) in [6, 6.07) is 3.38. The highest BCUT2D eigenvalue weighted by atomic mass is 16.4. The number of benzene rings is 1. The minimum atomic E-state index is -0.959. The zero-order valence-electron chi connectivity index (χ0n) is 12.0. The third kappa shape index (κ3) is 3.18. The number of nitrogens with one attached hydrogen (secondary N) is 1. The topological polar surface area (TPSA) is 66.4 Å². The number of anilines is 1. The van der Waals surface area contributed by atoms with Gasteiger partial charge in [-0.25, -0.2) is 4.79 Å². The van der Waals surface area contributed by atoms with Crippen LogP contribution in [0.15, 0.2) is 12.1 Å². The van der Waals surface area contributed by atoms with Crippen molar-refractivity contribution in [2.45, 2.75) is 46.0 Å². The SMILES string of the molecule is Cc1cc(NC(=O)C2CCCCC2)cc(C(=O)O)c1C. The molecular formula is C16H21NO3. The van der Waals surface area contributed by atoms with Crippen LogP contribution in [0.5, 0.6) is 0 Å². The lowest BCUT2D eigenvalue weighted by molar-refractivity contribution is -0.120. The van der Waals surface area contributed by atoms with Crippen molar-refractivity contribution in [1.29, 1.82) is 0 Å². The van der Waals surface area contributed by atoms with Crippen molar-refractivity contribution in [2.24, 2.45) is 5.92 Å². The van der Waals surface area contributed by atoms with Gasteiger partial charge in [0.05, 0.1) is 5.56 Å². The van der Waals surface area contributed by atoms with E-state index >= 15 is 0 Å². The lowest BCUT2D eigenvalue weighted by atomic mass is 9.88. The fourth-order valence-corrected chi connectivity index (χ4v) is 2.76. The van der Waals surface area contributed by atoms with Crippen LogP contribution in [-0.4, -0.2) is 17.0 Å². The summed E-state index contributed by atoms with van der Waals surface area (Å²) in [5.74, 6) is -0.873. The van der Waals surface area contributed by atoms with Crippen LogP contribution < -0.4 is 5.32 Å². The van der Waals surface area contributed by atoms with Crippen LogP contribution >= 0.6 is 0 Å². The van der Waals surface area contributed by atoms with Crippen molar-refractivity contribution in [1.82, 2.24) is 0 Å². The standard InChI is InChI=1S/C16H21NO3/c1-10-8-13(9-14(11(10)2)16(19)20)17-15(18)12-6-4-3-5-7-12/h8-9,12H,3-7H2,1-2H3,(H,17,18)(H,19,20). The van der Waals surface area contributed by atoms with E-state index in [1.165, 1.54) is 6.42 Å². The Morgan fingerprint density at radius 2 is 1.80 bits per heavy atom. The molecule has 1 aliphatic carbocycles. The molecule has 0 unspecified atom stereocenters. The minimum Gasteiger partial charge on any atom is -0.478 e. The summed E-state index contributed by atoms with van der Waals surface area (Å²) >= 11 is 0. The van der Waals surface area contributed by atoms with Gasteiger partial charge in [0.15, 0.2) is 0 Å². The molecule has 20 heavy (non-hydrogen) atoms. The molecule has 108 valence electrons. The largest absolute Gasteiger partial charge is 0.478 e. The molecule has 0 aliphatic heterocycles. The van der Waals surface area contributed by atoms with E-state index in [-0.39, 0.29) is 17.4 Å². The Labute approximate surface area is 119 Å². The van der Waals surface area contributed by atoms with E-state index in [4.69, 9.17) is 0 Å². The second kappa shape index (κ2) is 6.07. The van der Waals surface area contributed by atoms with E-state index in [0.717, 1.165) is 36.8 Å². The molecule has 2 rings (SSSR count). The summed E-state index contributed by atoms with van der Waals surface area (Å²) in [6.45, 7) is 3.64. The number of carboxylic acids is 1. The quantitative estimate of drug-likeness (QED) is 0.887. The van der Waals surface area contributed by atoms with Gasteiger partial charge in [-0.15, -0.1) is 0 Å². The van der Waals surface area contributed by atoms with Crippen LogP contribution in [0.2, 0.25) is 0 Å². The molecule has 1 aromatic rings. The Bertz CT molecular complexity index is 531. The Morgan fingerprint density at radius 1 is 1.15 bits per heavy atom. The van der Waals surface area contributed by atoms with E-state index in [0.29, 0.717) is 5.69 Å². The highest BCUT2D eigenvalue weighted by Gasteiger charge is 2.21. The predicted octanol–water partition coefficient (Wildman–Crippen LogP) is 3.52. The molecule has 0 bridgehead atoms. The number of hydrogen-bond donors (Lipinski definition) is 2. The number of amides is 1. The number of rotatable bonds is 3. The van der Waals surface area contributed by atoms with Crippen molar-refractivity contribution >= 4 is 17.6 Å². The summed E-state index contributed by atoms with van der Waals surface area (Å²) in [7, 11) is 0. The van der Waals surface area contributed by atoms with Gasteiger partial charge in [0.2, 0.25) is 5.91 Å². The van der Waals surface area contributed by atoms with Crippen LogP contribution in [0.25, 0.3) is 0 Å². The number of aryl methyl sites for hydroxylation is 1. The van der Waals surface area contributed by atoms with Crippen molar-refractivity contribution in [3.63, 3.8) is 0 Å². The van der Waals surface area contributed by atoms with E-state index in [1.54, 1.807) is 13.0 Å². The summed E-state index contributed by atoms with van der Waals surface area (Å²) in [5.41, 5.74) is 2.46. The van der Waals surface area contributed by atoms with Crippen LogP contribution in [0, 0.1) is 19.8 Å². The van der Waals surface area contributed by atoms with Crippen molar-refractivity contribution in [2.75, 3.05) is 5.32 Å². The molecule has 4 nitrogen and oxygen atoms in total. The normalized spacial score (nSPS) is 15.9. The minimum absolute atomic E-state index is 0.0179. The van der Waals surface area contributed by atoms with Gasteiger partial charge in [-0.2, -0.15) is 0 Å². The molecule has 0 atom stereocenters. The van der Waals surface area contributed by atoms with Gasteiger partial charge in [0.25, 0.3) is 0 Å². The van der Waals surface area contributed by atoms with Gasteiger partial charge in [-0.1, -0.05) is 19.3 Å². The second-order valence-corrected chi connectivity index (χ2v) is 5.60. The fourth-order valence-electron chi connectivity index (χ4n) is 2.76. The Kier molecular flexibility index (Phi) is 4.42. The zero-order valence-corrected chi connectivity index (χ0v) is 12.0. The molecule has 1 saturated carbocycles. The van der Waals surface area contributed by atoms with Crippen LogP contribution in [0.4, 0.5) is 5.69 Å². The lowest BCUT2D eigenvalue weighted by Gasteiger charge is -2.21. The van der Waals surface area contributed by atoms with Gasteiger partial charge in [-0.3, -0.25) is 4.79 Å².